The first-order valence-electron chi connectivity index (χ1n) is 7.17. The molecule has 0 aliphatic heterocycles. The van der Waals surface area contributed by atoms with Gasteiger partial charge in [0, 0.05) is 18.9 Å². The van der Waals surface area contributed by atoms with Crippen LogP contribution in [0.25, 0.3) is 0 Å². The Balaban J connectivity index is 1.72. The van der Waals surface area contributed by atoms with Gasteiger partial charge in [0.1, 0.15) is 0 Å². The minimum Gasteiger partial charge on any atom is -0.388 e. The number of aliphatic hydroxyl groups excluding tert-OH is 1. The van der Waals surface area contributed by atoms with Gasteiger partial charge in [-0.2, -0.15) is 0 Å². The Hall–Kier alpha value is -1.54. The highest BCUT2D eigenvalue weighted by Crippen LogP contribution is 2.16. The first-order valence-corrected chi connectivity index (χ1v) is 7.17. The average molecular weight is 257 g/mol. The highest BCUT2D eigenvalue weighted by atomic mass is 16.3. The third-order valence-electron chi connectivity index (χ3n) is 3.52. The fraction of sp³-hybridized carbons (Fsp3) is 0.412. The number of hydrogen-bond acceptors (Lipinski definition) is 1. The standard InChI is InChI=1S/C17H23NO/c1-2-17(19)16-11-13-18(14-16)12-7-6-10-15-8-4-3-5-9-15/h3-5,8-9,11,13-14,17,19H,2,6-7,10,12H2,1H3. The number of aliphatic hydroxyl groups is 1. The van der Waals surface area contributed by atoms with E-state index in [1.54, 1.807) is 0 Å². The summed E-state index contributed by atoms with van der Waals surface area (Å²) in [6.45, 7) is 3.03. The maximum atomic E-state index is 9.75. The van der Waals surface area contributed by atoms with E-state index in [9.17, 15) is 5.11 Å². The monoisotopic (exact) mass is 257 g/mol. The van der Waals surface area contributed by atoms with Gasteiger partial charge in [0.05, 0.1) is 6.10 Å². The van der Waals surface area contributed by atoms with Crippen LogP contribution in [-0.2, 0) is 13.0 Å². The number of rotatable bonds is 7. The largest absolute Gasteiger partial charge is 0.388 e. The molecule has 0 saturated carbocycles. The lowest BCUT2D eigenvalue weighted by atomic mass is 10.1. The van der Waals surface area contributed by atoms with Gasteiger partial charge in [-0.1, -0.05) is 37.3 Å². The Morgan fingerprint density at radius 1 is 1.11 bits per heavy atom. The molecule has 2 heteroatoms. The van der Waals surface area contributed by atoms with E-state index in [-0.39, 0.29) is 6.10 Å². The summed E-state index contributed by atoms with van der Waals surface area (Å²) < 4.78 is 2.18. The molecule has 1 heterocycles. The molecule has 0 fully saturated rings. The summed E-state index contributed by atoms with van der Waals surface area (Å²) in [6, 6.07) is 12.6. The van der Waals surface area contributed by atoms with Crippen molar-refractivity contribution in [3.05, 3.63) is 59.9 Å². The van der Waals surface area contributed by atoms with Crippen LogP contribution in [0.1, 0.15) is 43.4 Å². The van der Waals surface area contributed by atoms with Crippen molar-refractivity contribution in [3.63, 3.8) is 0 Å². The molecule has 1 aromatic heterocycles. The van der Waals surface area contributed by atoms with Gasteiger partial charge in [-0.25, -0.2) is 0 Å². The molecule has 1 N–H and O–H groups in total. The molecule has 0 aliphatic carbocycles. The van der Waals surface area contributed by atoms with Crippen LogP contribution >= 0.6 is 0 Å². The minimum absolute atomic E-state index is 0.314. The van der Waals surface area contributed by atoms with Crippen LogP contribution in [0.4, 0.5) is 0 Å². The molecule has 1 aromatic carbocycles. The lowest BCUT2D eigenvalue weighted by Crippen LogP contribution is -1.97. The Morgan fingerprint density at radius 2 is 1.89 bits per heavy atom. The average Bonchev–Trinajstić information content (AvgIpc) is 2.93. The zero-order chi connectivity index (χ0) is 13.5. The van der Waals surface area contributed by atoms with Crippen LogP contribution < -0.4 is 0 Å². The summed E-state index contributed by atoms with van der Waals surface area (Å²) in [5.74, 6) is 0. The van der Waals surface area contributed by atoms with E-state index in [4.69, 9.17) is 0 Å². The van der Waals surface area contributed by atoms with E-state index in [1.165, 1.54) is 18.4 Å². The zero-order valence-electron chi connectivity index (χ0n) is 11.6. The molecular formula is C17H23NO. The first-order chi connectivity index (χ1) is 9.29. The number of aryl methyl sites for hydroxylation is 2. The fourth-order valence-corrected chi connectivity index (χ4v) is 2.30. The summed E-state index contributed by atoms with van der Waals surface area (Å²) in [4.78, 5) is 0. The molecule has 19 heavy (non-hydrogen) atoms. The van der Waals surface area contributed by atoms with E-state index in [2.05, 4.69) is 47.3 Å². The van der Waals surface area contributed by atoms with Gasteiger partial charge in [-0.15, -0.1) is 0 Å². The van der Waals surface area contributed by atoms with Crippen molar-refractivity contribution in [2.45, 2.75) is 45.3 Å². The molecule has 2 nitrogen and oxygen atoms in total. The van der Waals surface area contributed by atoms with Crippen molar-refractivity contribution in [3.8, 4) is 0 Å². The van der Waals surface area contributed by atoms with Crippen LogP contribution in [0.15, 0.2) is 48.8 Å². The highest BCUT2D eigenvalue weighted by molar-refractivity contribution is 5.15. The van der Waals surface area contributed by atoms with Gasteiger partial charge < -0.3 is 9.67 Å². The van der Waals surface area contributed by atoms with E-state index in [0.717, 1.165) is 24.9 Å². The van der Waals surface area contributed by atoms with Crippen LogP contribution in [0.3, 0.4) is 0 Å². The summed E-state index contributed by atoms with van der Waals surface area (Å²) in [5, 5.41) is 9.75. The lowest BCUT2D eigenvalue weighted by Gasteiger charge is -2.05. The second-order valence-corrected chi connectivity index (χ2v) is 5.05. The van der Waals surface area contributed by atoms with Gasteiger partial charge in [-0.3, -0.25) is 0 Å². The van der Waals surface area contributed by atoms with Crippen LogP contribution in [0.5, 0.6) is 0 Å². The third kappa shape index (κ3) is 4.25. The van der Waals surface area contributed by atoms with Gasteiger partial charge >= 0.3 is 0 Å². The highest BCUT2D eigenvalue weighted by Gasteiger charge is 2.05. The van der Waals surface area contributed by atoms with Gasteiger partial charge in [-0.05, 0) is 42.9 Å². The molecule has 0 aliphatic rings. The normalized spacial score (nSPS) is 12.5. The van der Waals surface area contributed by atoms with E-state index in [1.807, 2.05) is 13.0 Å². The second-order valence-electron chi connectivity index (χ2n) is 5.05. The topological polar surface area (TPSA) is 25.2 Å². The molecule has 0 spiro atoms. The third-order valence-corrected chi connectivity index (χ3v) is 3.52. The molecule has 0 bridgehead atoms. The maximum absolute atomic E-state index is 9.75. The van der Waals surface area contributed by atoms with Crippen molar-refractivity contribution in [2.24, 2.45) is 0 Å². The first kappa shape index (κ1) is 13.9. The predicted octanol–water partition coefficient (Wildman–Crippen LogP) is 3.95. The summed E-state index contributed by atoms with van der Waals surface area (Å²) in [6.07, 6.45) is 8.11. The van der Waals surface area contributed by atoms with E-state index < -0.39 is 0 Å². The number of hydrogen-bond donors (Lipinski definition) is 1. The van der Waals surface area contributed by atoms with Crippen molar-refractivity contribution in [1.29, 1.82) is 0 Å². The predicted molar refractivity (Wildman–Crippen MR) is 79.1 cm³/mol. The molecular weight excluding hydrogens is 234 g/mol. The summed E-state index contributed by atoms with van der Waals surface area (Å²) >= 11 is 0. The molecule has 0 amide bonds. The molecule has 1 unspecified atom stereocenters. The van der Waals surface area contributed by atoms with Crippen LogP contribution in [-0.4, -0.2) is 9.67 Å². The van der Waals surface area contributed by atoms with Gasteiger partial charge in [0.15, 0.2) is 0 Å². The van der Waals surface area contributed by atoms with E-state index in [0.29, 0.717) is 0 Å². The van der Waals surface area contributed by atoms with Gasteiger partial charge in [0.2, 0.25) is 0 Å². The minimum atomic E-state index is -0.314. The van der Waals surface area contributed by atoms with Crippen molar-refractivity contribution >= 4 is 0 Å². The van der Waals surface area contributed by atoms with Crippen molar-refractivity contribution in [2.75, 3.05) is 0 Å². The Labute approximate surface area is 115 Å². The van der Waals surface area contributed by atoms with Gasteiger partial charge in [0.25, 0.3) is 0 Å². The summed E-state index contributed by atoms with van der Waals surface area (Å²) in [7, 11) is 0. The van der Waals surface area contributed by atoms with Crippen LogP contribution in [0, 0.1) is 0 Å². The zero-order valence-corrected chi connectivity index (χ0v) is 11.6. The molecule has 1 atom stereocenters. The molecule has 102 valence electrons. The SMILES string of the molecule is CCC(O)c1ccn(CCCCc2ccccc2)c1. The van der Waals surface area contributed by atoms with E-state index >= 15 is 0 Å². The molecule has 0 saturated heterocycles. The Bertz CT molecular complexity index is 475. The van der Waals surface area contributed by atoms with Crippen molar-refractivity contribution in [1.82, 2.24) is 4.57 Å². The number of unbranched alkanes of at least 4 members (excludes halogenated alkanes) is 1. The molecule has 2 aromatic rings. The maximum Gasteiger partial charge on any atom is 0.0802 e. The molecule has 2 rings (SSSR count). The fourth-order valence-electron chi connectivity index (χ4n) is 2.30. The Morgan fingerprint density at radius 3 is 2.63 bits per heavy atom. The number of aromatic nitrogens is 1. The van der Waals surface area contributed by atoms with Crippen molar-refractivity contribution < 1.29 is 5.11 Å². The number of benzene rings is 1. The quantitative estimate of drug-likeness (QED) is 0.746. The van der Waals surface area contributed by atoms with Crippen LogP contribution in [0.2, 0.25) is 0 Å². The smallest absolute Gasteiger partial charge is 0.0802 e. The summed E-state index contributed by atoms with van der Waals surface area (Å²) in [5.41, 5.74) is 2.45. The number of nitrogens with zero attached hydrogens (tertiary/aromatic N) is 1. The molecule has 0 radical (unpaired) electrons. The Kier molecular flexibility index (Phi) is 5.22. The lowest BCUT2D eigenvalue weighted by molar-refractivity contribution is 0.173. The second kappa shape index (κ2) is 7.15.